The number of nitrogens with one attached hydrogen (secondary N) is 1. The number of oxazole rings is 1. The van der Waals surface area contributed by atoms with Crippen LogP contribution in [0.25, 0.3) is 11.3 Å². The van der Waals surface area contributed by atoms with Gasteiger partial charge in [-0.1, -0.05) is 57.0 Å². The van der Waals surface area contributed by atoms with Crippen LogP contribution in [-0.2, 0) is 6.54 Å². The summed E-state index contributed by atoms with van der Waals surface area (Å²) in [5, 5.41) is 3.22. The highest BCUT2D eigenvalue weighted by Gasteiger charge is 2.07. The molecule has 3 N–H and O–H groups in total. The number of hydrogen-bond acceptors (Lipinski definition) is 3. The molecule has 0 spiro atoms. The molecule has 2 rings (SSSR count). The van der Waals surface area contributed by atoms with Crippen molar-refractivity contribution in [3.05, 3.63) is 42.4 Å². The second-order valence-corrected chi connectivity index (χ2v) is 6.56. The highest BCUT2D eigenvalue weighted by Crippen LogP contribution is 2.19. The van der Waals surface area contributed by atoms with Crippen molar-refractivity contribution < 1.29 is 4.42 Å². The molecular formula is C19H28N4O. The molecular weight excluding hydrogens is 300 g/mol. The fourth-order valence-corrected chi connectivity index (χ4v) is 2.47. The largest absolute Gasteiger partial charge is 0.439 e. The minimum absolute atomic E-state index is 0.317. The average molecular weight is 328 g/mol. The van der Waals surface area contributed by atoms with Crippen molar-refractivity contribution in [2.75, 3.05) is 0 Å². The van der Waals surface area contributed by atoms with Gasteiger partial charge >= 0.3 is 0 Å². The molecule has 2 aromatic rings. The second-order valence-electron chi connectivity index (χ2n) is 6.56. The first-order chi connectivity index (χ1) is 11.5. The van der Waals surface area contributed by atoms with E-state index in [4.69, 9.17) is 10.2 Å². The first kappa shape index (κ1) is 18.0. The first-order valence-corrected chi connectivity index (χ1v) is 8.61. The Morgan fingerprint density at radius 3 is 2.67 bits per heavy atom. The number of guanidine groups is 1. The number of aliphatic imine (C=N–C) groups is 1. The molecule has 24 heavy (non-hydrogen) atoms. The van der Waals surface area contributed by atoms with Gasteiger partial charge in [0.2, 0.25) is 5.89 Å². The molecule has 1 aromatic heterocycles. The molecule has 0 aliphatic rings. The van der Waals surface area contributed by atoms with E-state index in [9.17, 15) is 0 Å². The summed E-state index contributed by atoms with van der Waals surface area (Å²) in [4.78, 5) is 8.57. The molecule has 1 aromatic carbocycles. The van der Waals surface area contributed by atoms with Crippen molar-refractivity contribution in [3.8, 4) is 11.3 Å². The monoisotopic (exact) mass is 328 g/mol. The molecule has 1 unspecified atom stereocenters. The SMILES string of the molecule is CC(C)CCCC(C)NC(N)=NCc1ncc(-c2ccccc2)o1. The Labute approximate surface area is 144 Å². The maximum Gasteiger partial charge on any atom is 0.216 e. The maximum atomic E-state index is 5.94. The van der Waals surface area contributed by atoms with E-state index >= 15 is 0 Å². The Morgan fingerprint density at radius 2 is 1.96 bits per heavy atom. The molecule has 1 atom stereocenters. The molecule has 5 nitrogen and oxygen atoms in total. The minimum atomic E-state index is 0.317. The highest BCUT2D eigenvalue weighted by atomic mass is 16.4. The Morgan fingerprint density at radius 1 is 1.21 bits per heavy atom. The van der Waals surface area contributed by atoms with Crippen LogP contribution in [0.5, 0.6) is 0 Å². The molecule has 0 radical (unpaired) electrons. The third kappa shape index (κ3) is 6.07. The number of nitrogens with two attached hydrogens (primary N) is 1. The Balaban J connectivity index is 1.81. The number of rotatable bonds is 8. The predicted molar refractivity (Wildman–Crippen MR) is 98.6 cm³/mol. The fourth-order valence-electron chi connectivity index (χ4n) is 2.47. The van der Waals surface area contributed by atoms with E-state index in [1.807, 2.05) is 30.3 Å². The average Bonchev–Trinajstić information content (AvgIpc) is 3.02. The summed E-state index contributed by atoms with van der Waals surface area (Å²) in [6, 6.07) is 10.2. The molecule has 0 bridgehead atoms. The molecule has 0 saturated carbocycles. The molecule has 1 heterocycles. The molecule has 5 heteroatoms. The summed E-state index contributed by atoms with van der Waals surface area (Å²) in [5.74, 6) is 2.49. The predicted octanol–water partition coefficient (Wildman–Crippen LogP) is 3.96. The molecule has 0 aliphatic heterocycles. The van der Waals surface area contributed by atoms with E-state index in [1.54, 1.807) is 6.20 Å². The Bertz CT molecular complexity index is 634. The van der Waals surface area contributed by atoms with Crippen molar-refractivity contribution in [1.82, 2.24) is 10.3 Å². The molecule has 0 saturated heterocycles. The van der Waals surface area contributed by atoms with E-state index in [0.29, 0.717) is 24.4 Å². The van der Waals surface area contributed by atoms with Crippen LogP contribution in [-0.4, -0.2) is 17.0 Å². The topological polar surface area (TPSA) is 76.4 Å². The molecule has 0 fully saturated rings. The van der Waals surface area contributed by atoms with Crippen LogP contribution in [0.15, 0.2) is 45.9 Å². The zero-order valence-corrected chi connectivity index (χ0v) is 14.8. The number of hydrogen-bond donors (Lipinski definition) is 2. The van der Waals surface area contributed by atoms with Gasteiger partial charge in [0, 0.05) is 11.6 Å². The van der Waals surface area contributed by atoms with Crippen molar-refractivity contribution in [3.63, 3.8) is 0 Å². The van der Waals surface area contributed by atoms with Crippen LogP contribution >= 0.6 is 0 Å². The van der Waals surface area contributed by atoms with E-state index in [0.717, 1.165) is 23.7 Å². The molecule has 0 amide bonds. The maximum absolute atomic E-state index is 5.94. The van der Waals surface area contributed by atoms with Gasteiger partial charge in [-0.3, -0.25) is 0 Å². The number of benzene rings is 1. The lowest BCUT2D eigenvalue weighted by Crippen LogP contribution is -2.38. The third-order valence-corrected chi connectivity index (χ3v) is 3.81. The van der Waals surface area contributed by atoms with Crippen LogP contribution in [0.4, 0.5) is 0 Å². The molecule has 0 aliphatic carbocycles. The van der Waals surface area contributed by atoms with Crippen molar-refractivity contribution >= 4 is 5.96 Å². The van der Waals surface area contributed by atoms with Gasteiger partial charge in [-0.15, -0.1) is 0 Å². The summed E-state index contributed by atoms with van der Waals surface area (Å²) in [5.41, 5.74) is 6.95. The van der Waals surface area contributed by atoms with Crippen molar-refractivity contribution in [2.45, 2.75) is 52.6 Å². The van der Waals surface area contributed by atoms with Gasteiger partial charge < -0.3 is 15.5 Å². The summed E-state index contributed by atoms with van der Waals surface area (Å²) in [7, 11) is 0. The van der Waals surface area contributed by atoms with Crippen LogP contribution in [0.2, 0.25) is 0 Å². The lowest BCUT2D eigenvalue weighted by Gasteiger charge is -2.14. The van der Waals surface area contributed by atoms with E-state index < -0.39 is 0 Å². The normalized spacial score (nSPS) is 13.2. The van der Waals surface area contributed by atoms with Crippen molar-refractivity contribution in [1.29, 1.82) is 0 Å². The summed E-state index contributed by atoms with van der Waals surface area (Å²) >= 11 is 0. The highest BCUT2D eigenvalue weighted by molar-refractivity contribution is 5.78. The molecule has 130 valence electrons. The van der Waals surface area contributed by atoms with Crippen LogP contribution < -0.4 is 11.1 Å². The standard InChI is InChI=1S/C19H28N4O/c1-14(2)8-7-9-15(3)23-19(20)22-13-18-21-12-17(24-18)16-10-5-4-6-11-16/h4-6,10-12,14-15H,7-9,13H2,1-3H3,(H3,20,22,23). The van der Waals surface area contributed by atoms with Gasteiger partial charge in [-0.2, -0.15) is 0 Å². The van der Waals surface area contributed by atoms with Crippen LogP contribution in [0, 0.1) is 5.92 Å². The first-order valence-electron chi connectivity index (χ1n) is 8.61. The van der Waals surface area contributed by atoms with Gasteiger partial charge in [-0.25, -0.2) is 9.98 Å². The number of aromatic nitrogens is 1. The lowest BCUT2D eigenvalue weighted by atomic mass is 10.0. The Kier molecular flexibility index (Phi) is 6.85. The van der Waals surface area contributed by atoms with E-state index in [2.05, 4.69) is 36.1 Å². The quantitative estimate of drug-likeness (QED) is 0.568. The van der Waals surface area contributed by atoms with Gasteiger partial charge in [-0.05, 0) is 19.3 Å². The Hall–Kier alpha value is -2.30. The van der Waals surface area contributed by atoms with Crippen molar-refractivity contribution in [2.24, 2.45) is 16.6 Å². The summed E-state index contributed by atoms with van der Waals surface area (Å²) in [6.07, 6.45) is 5.24. The van der Waals surface area contributed by atoms with Crippen LogP contribution in [0.1, 0.15) is 45.9 Å². The smallest absolute Gasteiger partial charge is 0.216 e. The van der Waals surface area contributed by atoms with Gasteiger partial charge in [0.15, 0.2) is 11.7 Å². The summed E-state index contributed by atoms with van der Waals surface area (Å²) < 4.78 is 5.71. The van der Waals surface area contributed by atoms with E-state index in [1.165, 1.54) is 12.8 Å². The zero-order valence-electron chi connectivity index (χ0n) is 14.8. The fraction of sp³-hybridized carbons (Fsp3) is 0.474. The number of nitrogens with zero attached hydrogens (tertiary/aromatic N) is 2. The van der Waals surface area contributed by atoms with E-state index in [-0.39, 0.29) is 0 Å². The minimum Gasteiger partial charge on any atom is -0.439 e. The second kappa shape index (κ2) is 9.11. The lowest BCUT2D eigenvalue weighted by molar-refractivity contribution is 0.491. The summed E-state index contributed by atoms with van der Waals surface area (Å²) in [6.45, 7) is 6.95. The van der Waals surface area contributed by atoms with Gasteiger partial charge in [0.25, 0.3) is 0 Å². The van der Waals surface area contributed by atoms with Crippen LogP contribution in [0.3, 0.4) is 0 Å². The zero-order chi connectivity index (χ0) is 17.4. The van der Waals surface area contributed by atoms with Gasteiger partial charge in [0.05, 0.1) is 6.20 Å². The van der Waals surface area contributed by atoms with Gasteiger partial charge in [0.1, 0.15) is 6.54 Å². The third-order valence-electron chi connectivity index (χ3n) is 3.81.